The molecule has 0 N–H and O–H groups in total. The quantitative estimate of drug-likeness (QED) is 0.754. The molecule has 0 bridgehead atoms. The van der Waals surface area contributed by atoms with Gasteiger partial charge in [0.15, 0.2) is 0 Å². The molecule has 1 atom stereocenters. The molecule has 0 aliphatic carbocycles. The van der Waals surface area contributed by atoms with E-state index in [0.717, 1.165) is 5.56 Å². The number of esters is 1. The molecule has 22 heavy (non-hydrogen) atoms. The summed E-state index contributed by atoms with van der Waals surface area (Å²) in [5.41, 5.74) is 0.878. The van der Waals surface area contributed by atoms with Gasteiger partial charge in [0.25, 0.3) is 0 Å². The molecular weight excluding hydrogens is 286 g/mol. The van der Waals surface area contributed by atoms with E-state index >= 15 is 0 Å². The van der Waals surface area contributed by atoms with E-state index in [-0.39, 0.29) is 18.0 Å². The zero-order chi connectivity index (χ0) is 15.9. The number of carbonyl (C=O) groups excluding carboxylic acids is 1. The first-order valence-electron chi connectivity index (χ1n) is 6.78. The van der Waals surface area contributed by atoms with Crippen molar-refractivity contribution in [1.82, 2.24) is 15.0 Å². The molecular formula is C15H17N3O4. The third kappa shape index (κ3) is 3.69. The Morgan fingerprint density at radius 1 is 1.00 bits per heavy atom. The number of rotatable bonds is 6. The van der Waals surface area contributed by atoms with Gasteiger partial charge in [0.2, 0.25) is 0 Å². The summed E-state index contributed by atoms with van der Waals surface area (Å²) in [6, 6.07) is 9.28. The largest absolute Gasteiger partial charge is 0.467 e. The number of ether oxygens (including phenoxy) is 3. The SMILES string of the molecule is CCC(C(=O)Oc1nc(OC)nc(OC)n1)c1ccccc1. The molecule has 0 saturated heterocycles. The average molecular weight is 303 g/mol. The van der Waals surface area contributed by atoms with Crippen molar-refractivity contribution >= 4 is 5.97 Å². The molecule has 0 aliphatic heterocycles. The Morgan fingerprint density at radius 2 is 1.55 bits per heavy atom. The van der Waals surface area contributed by atoms with Gasteiger partial charge in [0, 0.05) is 0 Å². The summed E-state index contributed by atoms with van der Waals surface area (Å²) >= 11 is 0. The summed E-state index contributed by atoms with van der Waals surface area (Å²) in [6.07, 6.45) is 0.599. The van der Waals surface area contributed by atoms with E-state index in [1.807, 2.05) is 37.3 Å². The summed E-state index contributed by atoms with van der Waals surface area (Å²) in [7, 11) is 2.80. The lowest BCUT2D eigenvalue weighted by Gasteiger charge is -2.13. The van der Waals surface area contributed by atoms with Crippen molar-refractivity contribution in [2.45, 2.75) is 19.3 Å². The van der Waals surface area contributed by atoms with Crippen LogP contribution >= 0.6 is 0 Å². The number of methoxy groups -OCH3 is 2. The number of hydrogen-bond donors (Lipinski definition) is 0. The highest BCUT2D eigenvalue weighted by molar-refractivity contribution is 5.79. The second-order valence-corrected chi connectivity index (χ2v) is 4.38. The van der Waals surface area contributed by atoms with Gasteiger partial charge in [-0.05, 0) is 12.0 Å². The van der Waals surface area contributed by atoms with Crippen LogP contribution in [0.4, 0.5) is 0 Å². The summed E-state index contributed by atoms with van der Waals surface area (Å²) < 4.78 is 15.1. The third-order valence-electron chi connectivity index (χ3n) is 3.03. The lowest BCUT2D eigenvalue weighted by atomic mass is 9.97. The molecule has 2 rings (SSSR count). The van der Waals surface area contributed by atoms with E-state index in [0.29, 0.717) is 6.42 Å². The number of aromatic nitrogens is 3. The van der Waals surface area contributed by atoms with Crippen molar-refractivity contribution in [3.05, 3.63) is 35.9 Å². The van der Waals surface area contributed by atoms with Crippen molar-refractivity contribution in [1.29, 1.82) is 0 Å². The van der Waals surface area contributed by atoms with E-state index < -0.39 is 11.9 Å². The average Bonchev–Trinajstić information content (AvgIpc) is 2.56. The zero-order valence-corrected chi connectivity index (χ0v) is 12.6. The molecule has 1 unspecified atom stereocenters. The number of benzene rings is 1. The molecule has 0 radical (unpaired) electrons. The minimum absolute atomic E-state index is 0.0161. The molecule has 0 amide bonds. The van der Waals surface area contributed by atoms with E-state index in [1.165, 1.54) is 14.2 Å². The summed E-state index contributed by atoms with van der Waals surface area (Å²) in [6.45, 7) is 1.91. The van der Waals surface area contributed by atoms with Crippen LogP contribution in [0.2, 0.25) is 0 Å². The smallest absolute Gasteiger partial charge is 0.333 e. The molecule has 1 aromatic heterocycles. The van der Waals surface area contributed by atoms with E-state index in [2.05, 4.69) is 15.0 Å². The van der Waals surface area contributed by atoms with Gasteiger partial charge in [0.1, 0.15) is 0 Å². The maximum atomic E-state index is 12.3. The van der Waals surface area contributed by atoms with Crippen molar-refractivity contribution < 1.29 is 19.0 Å². The zero-order valence-electron chi connectivity index (χ0n) is 12.6. The van der Waals surface area contributed by atoms with Crippen LogP contribution in [0.3, 0.4) is 0 Å². The lowest BCUT2D eigenvalue weighted by molar-refractivity contribution is -0.136. The molecule has 0 saturated carbocycles. The monoisotopic (exact) mass is 303 g/mol. The number of nitrogens with zero attached hydrogens (tertiary/aromatic N) is 3. The molecule has 0 fully saturated rings. The van der Waals surface area contributed by atoms with Gasteiger partial charge < -0.3 is 14.2 Å². The van der Waals surface area contributed by atoms with Gasteiger partial charge in [0.05, 0.1) is 20.1 Å². The Bertz CT molecular complexity index is 612. The van der Waals surface area contributed by atoms with Gasteiger partial charge in [-0.1, -0.05) is 37.3 Å². The summed E-state index contributed by atoms with van der Waals surface area (Å²) in [5, 5.41) is 0. The molecule has 7 nitrogen and oxygen atoms in total. The summed E-state index contributed by atoms with van der Waals surface area (Å²) in [5.74, 6) is -0.834. The normalized spacial score (nSPS) is 11.6. The van der Waals surface area contributed by atoms with E-state index in [4.69, 9.17) is 14.2 Å². The fourth-order valence-electron chi connectivity index (χ4n) is 1.93. The third-order valence-corrected chi connectivity index (χ3v) is 3.03. The first-order valence-corrected chi connectivity index (χ1v) is 6.78. The first-order chi connectivity index (χ1) is 10.7. The topological polar surface area (TPSA) is 83.4 Å². The Morgan fingerprint density at radius 3 is 2.05 bits per heavy atom. The molecule has 1 heterocycles. The number of carbonyl (C=O) groups is 1. The molecule has 0 spiro atoms. The minimum atomic E-state index is -0.441. The van der Waals surface area contributed by atoms with Crippen LogP contribution in [0, 0.1) is 0 Å². The number of hydrogen-bond acceptors (Lipinski definition) is 7. The van der Waals surface area contributed by atoms with Crippen LogP contribution in [0.1, 0.15) is 24.8 Å². The fourth-order valence-corrected chi connectivity index (χ4v) is 1.93. The van der Waals surface area contributed by atoms with Crippen molar-refractivity contribution in [3.63, 3.8) is 0 Å². The lowest BCUT2D eigenvalue weighted by Crippen LogP contribution is -2.19. The van der Waals surface area contributed by atoms with Crippen LogP contribution in [0.25, 0.3) is 0 Å². The highest BCUT2D eigenvalue weighted by Crippen LogP contribution is 2.22. The van der Waals surface area contributed by atoms with Crippen LogP contribution in [0.5, 0.6) is 18.0 Å². The van der Waals surface area contributed by atoms with Gasteiger partial charge in [-0.25, -0.2) is 0 Å². The summed E-state index contributed by atoms with van der Waals surface area (Å²) in [4.78, 5) is 23.9. The highest BCUT2D eigenvalue weighted by Gasteiger charge is 2.22. The first kappa shape index (κ1) is 15.7. The standard InChI is InChI=1S/C15H17N3O4/c1-4-11(10-8-6-5-7-9-10)12(19)22-15-17-13(20-2)16-14(18-15)21-3/h5-9,11H,4H2,1-3H3. The van der Waals surface area contributed by atoms with E-state index in [9.17, 15) is 4.79 Å². The maximum absolute atomic E-state index is 12.3. The predicted molar refractivity (Wildman–Crippen MR) is 78.0 cm³/mol. The second kappa shape index (κ2) is 7.35. The Hall–Kier alpha value is -2.70. The fraction of sp³-hybridized carbons (Fsp3) is 0.333. The Kier molecular flexibility index (Phi) is 5.24. The predicted octanol–water partition coefficient (Wildman–Crippen LogP) is 1.99. The maximum Gasteiger partial charge on any atom is 0.333 e. The van der Waals surface area contributed by atoms with Crippen LogP contribution < -0.4 is 14.2 Å². The molecule has 7 heteroatoms. The van der Waals surface area contributed by atoms with Crippen molar-refractivity contribution in [2.24, 2.45) is 0 Å². The molecule has 116 valence electrons. The van der Waals surface area contributed by atoms with Gasteiger partial charge in [-0.3, -0.25) is 4.79 Å². The van der Waals surface area contributed by atoms with E-state index in [1.54, 1.807) is 0 Å². The molecule has 0 aliphatic rings. The van der Waals surface area contributed by atoms with Crippen LogP contribution in [-0.2, 0) is 4.79 Å². The second-order valence-electron chi connectivity index (χ2n) is 4.38. The Labute approximate surface area is 128 Å². The van der Waals surface area contributed by atoms with Gasteiger partial charge in [-0.2, -0.15) is 0 Å². The molecule has 1 aromatic carbocycles. The van der Waals surface area contributed by atoms with Crippen LogP contribution in [-0.4, -0.2) is 35.1 Å². The highest BCUT2D eigenvalue weighted by atomic mass is 16.6. The van der Waals surface area contributed by atoms with Gasteiger partial charge in [-0.15, -0.1) is 15.0 Å². The minimum Gasteiger partial charge on any atom is -0.467 e. The molecule has 2 aromatic rings. The van der Waals surface area contributed by atoms with Crippen molar-refractivity contribution in [3.8, 4) is 18.0 Å². The van der Waals surface area contributed by atoms with Crippen molar-refractivity contribution in [2.75, 3.05) is 14.2 Å². The van der Waals surface area contributed by atoms with Crippen LogP contribution in [0.15, 0.2) is 30.3 Å². The Balaban J connectivity index is 2.20. The van der Waals surface area contributed by atoms with Gasteiger partial charge >= 0.3 is 24.0 Å².